The summed E-state index contributed by atoms with van der Waals surface area (Å²) in [5.41, 5.74) is 0.158. The maximum atomic E-state index is 10.1. The minimum absolute atomic E-state index is 0.792. The van der Waals surface area contributed by atoms with E-state index < -0.39 is 5.60 Å². The van der Waals surface area contributed by atoms with Crippen LogP contribution in [0.4, 0.5) is 0 Å². The molecule has 0 aliphatic heterocycles. The van der Waals surface area contributed by atoms with Crippen molar-refractivity contribution in [2.24, 2.45) is 0 Å². The predicted octanol–water partition coefficient (Wildman–Crippen LogP) is 4.22. The molecule has 3 aromatic carbocycles. The fourth-order valence-electron chi connectivity index (χ4n) is 2.32. The molecular weight excluding hydrogens is 220 g/mol. The van der Waals surface area contributed by atoms with Crippen molar-refractivity contribution in [2.75, 3.05) is 0 Å². The number of rotatable bonds is 1. The zero-order valence-electron chi connectivity index (χ0n) is 10.6. The van der Waals surface area contributed by atoms with Crippen LogP contribution in [-0.4, -0.2) is 5.11 Å². The summed E-state index contributed by atoms with van der Waals surface area (Å²) in [6.07, 6.45) is 0. The first-order valence-corrected chi connectivity index (χ1v) is 6.19. The van der Waals surface area contributed by atoms with Crippen LogP contribution in [0.15, 0.2) is 54.6 Å². The van der Waals surface area contributed by atoms with Gasteiger partial charge in [-0.25, -0.2) is 0 Å². The van der Waals surface area contributed by atoms with E-state index in [9.17, 15) is 5.11 Å². The Morgan fingerprint density at radius 2 is 1.28 bits per heavy atom. The van der Waals surface area contributed by atoms with E-state index in [1.54, 1.807) is 0 Å². The van der Waals surface area contributed by atoms with Gasteiger partial charge < -0.3 is 5.11 Å². The summed E-state index contributed by atoms with van der Waals surface area (Å²) in [7, 11) is 0. The molecule has 0 atom stereocenters. The lowest BCUT2D eigenvalue weighted by Crippen LogP contribution is -2.14. The zero-order valence-corrected chi connectivity index (χ0v) is 10.6. The summed E-state index contributed by atoms with van der Waals surface area (Å²) in [5.74, 6) is 0. The monoisotopic (exact) mass is 236 g/mol. The normalized spacial score (nSPS) is 12.2. The van der Waals surface area contributed by atoms with Crippen molar-refractivity contribution < 1.29 is 5.11 Å². The van der Waals surface area contributed by atoms with Crippen molar-refractivity contribution >= 4 is 21.5 Å². The van der Waals surface area contributed by atoms with Gasteiger partial charge in [-0.15, -0.1) is 0 Å². The number of hydrogen-bond donors (Lipinski definition) is 1. The Hall–Kier alpha value is -1.86. The van der Waals surface area contributed by atoms with Gasteiger partial charge in [0, 0.05) is 0 Å². The van der Waals surface area contributed by atoms with Crippen LogP contribution in [0, 0.1) is 0 Å². The maximum absolute atomic E-state index is 10.1. The van der Waals surface area contributed by atoms with Gasteiger partial charge in [0.05, 0.1) is 5.60 Å². The Morgan fingerprint density at radius 1 is 0.722 bits per heavy atom. The standard InChI is InChI=1S/C17H16O/c1-17(2,18)16-8-7-14-9-12-5-3-4-6-13(12)10-15(14)11-16/h3-11,18H,1-2H3. The van der Waals surface area contributed by atoms with Gasteiger partial charge in [-0.1, -0.05) is 36.4 Å². The molecule has 0 unspecified atom stereocenters. The Kier molecular flexibility index (Phi) is 2.39. The van der Waals surface area contributed by atoms with E-state index in [0.717, 1.165) is 5.56 Å². The molecule has 0 aliphatic carbocycles. The minimum atomic E-state index is -0.792. The number of hydrogen-bond acceptors (Lipinski definition) is 1. The highest BCUT2D eigenvalue weighted by molar-refractivity contribution is 5.98. The maximum Gasteiger partial charge on any atom is 0.0840 e. The fourth-order valence-corrected chi connectivity index (χ4v) is 2.32. The lowest BCUT2D eigenvalue weighted by atomic mass is 9.94. The molecule has 1 N–H and O–H groups in total. The SMILES string of the molecule is CC(C)(O)c1ccc2cc3ccccc3cc2c1. The van der Waals surface area contributed by atoms with E-state index in [1.165, 1.54) is 21.5 Å². The molecule has 0 saturated heterocycles. The summed E-state index contributed by atoms with van der Waals surface area (Å²) in [6, 6.07) is 18.9. The zero-order chi connectivity index (χ0) is 12.8. The molecule has 0 radical (unpaired) electrons. The van der Waals surface area contributed by atoms with Gasteiger partial charge in [-0.2, -0.15) is 0 Å². The molecule has 0 aromatic heterocycles. The average molecular weight is 236 g/mol. The van der Waals surface area contributed by atoms with Crippen LogP contribution in [0.2, 0.25) is 0 Å². The second-order valence-corrected chi connectivity index (χ2v) is 5.32. The second-order valence-electron chi connectivity index (χ2n) is 5.32. The first-order chi connectivity index (χ1) is 8.54. The summed E-state index contributed by atoms with van der Waals surface area (Å²) in [4.78, 5) is 0. The Balaban J connectivity index is 2.31. The van der Waals surface area contributed by atoms with Gasteiger partial charge in [0.1, 0.15) is 0 Å². The molecule has 18 heavy (non-hydrogen) atoms. The second kappa shape index (κ2) is 3.82. The number of aliphatic hydroxyl groups is 1. The topological polar surface area (TPSA) is 20.2 Å². The lowest BCUT2D eigenvalue weighted by molar-refractivity contribution is 0.0787. The molecule has 0 saturated carbocycles. The molecule has 3 rings (SSSR count). The number of benzene rings is 3. The van der Waals surface area contributed by atoms with Crippen molar-refractivity contribution in [3.8, 4) is 0 Å². The minimum Gasteiger partial charge on any atom is -0.386 e. The van der Waals surface area contributed by atoms with Crippen LogP contribution in [0.25, 0.3) is 21.5 Å². The Labute approximate surface area is 107 Å². The van der Waals surface area contributed by atoms with Crippen molar-refractivity contribution in [3.05, 3.63) is 60.2 Å². The van der Waals surface area contributed by atoms with Gasteiger partial charge >= 0.3 is 0 Å². The van der Waals surface area contributed by atoms with Gasteiger partial charge in [0.25, 0.3) is 0 Å². The first-order valence-electron chi connectivity index (χ1n) is 6.19. The van der Waals surface area contributed by atoms with Crippen molar-refractivity contribution in [2.45, 2.75) is 19.4 Å². The van der Waals surface area contributed by atoms with Crippen LogP contribution in [0.3, 0.4) is 0 Å². The van der Waals surface area contributed by atoms with Crippen LogP contribution in [0.1, 0.15) is 19.4 Å². The summed E-state index contributed by atoms with van der Waals surface area (Å²) >= 11 is 0. The molecular formula is C17H16O. The molecule has 90 valence electrons. The van der Waals surface area contributed by atoms with E-state index in [0.29, 0.717) is 0 Å². The van der Waals surface area contributed by atoms with Crippen LogP contribution in [0.5, 0.6) is 0 Å². The molecule has 0 bridgehead atoms. The third kappa shape index (κ3) is 1.87. The van der Waals surface area contributed by atoms with Crippen molar-refractivity contribution in [1.29, 1.82) is 0 Å². The predicted molar refractivity (Wildman–Crippen MR) is 76.7 cm³/mol. The summed E-state index contributed by atoms with van der Waals surface area (Å²) < 4.78 is 0. The van der Waals surface area contributed by atoms with Crippen molar-refractivity contribution in [1.82, 2.24) is 0 Å². The summed E-state index contributed by atoms with van der Waals surface area (Å²) in [5, 5.41) is 14.9. The first kappa shape index (κ1) is 11.2. The van der Waals surface area contributed by atoms with Gasteiger partial charge in [-0.3, -0.25) is 0 Å². The highest BCUT2D eigenvalue weighted by Gasteiger charge is 2.15. The molecule has 0 amide bonds. The van der Waals surface area contributed by atoms with E-state index in [-0.39, 0.29) is 0 Å². The Morgan fingerprint density at radius 3 is 1.89 bits per heavy atom. The molecule has 0 fully saturated rings. The molecule has 3 aromatic rings. The average Bonchev–Trinajstić information content (AvgIpc) is 2.34. The van der Waals surface area contributed by atoms with Gasteiger partial charge in [0.15, 0.2) is 0 Å². The van der Waals surface area contributed by atoms with E-state index in [2.05, 4.69) is 42.5 Å². The molecule has 0 spiro atoms. The highest BCUT2D eigenvalue weighted by atomic mass is 16.3. The fraction of sp³-hybridized carbons (Fsp3) is 0.176. The van der Waals surface area contributed by atoms with Crippen molar-refractivity contribution in [3.63, 3.8) is 0 Å². The lowest BCUT2D eigenvalue weighted by Gasteiger charge is -2.18. The quantitative estimate of drug-likeness (QED) is 0.627. The summed E-state index contributed by atoms with van der Waals surface area (Å²) in [6.45, 7) is 3.63. The van der Waals surface area contributed by atoms with E-state index in [4.69, 9.17) is 0 Å². The smallest absolute Gasteiger partial charge is 0.0840 e. The highest BCUT2D eigenvalue weighted by Crippen LogP contribution is 2.27. The van der Waals surface area contributed by atoms with E-state index >= 15 is 0 Å². The molecule has 0 aliphatic rings. The Bertz CT molecular complexity index is 720. The third-order valence-electron chi connectivity index (χ3n) is 3.41. The van der Waals surface area contributed by atoms with Crippen LogP contribution in [-0.2, 0) is 5.60 Å². The molecule has 1 heteroatoms. The molecule has 0 heterocycles. The van der Waals surface area contributed by atoms with Gasteiger partial charge in [-0.05, 0) is 59.2 Å². The van der Waals surface area contributed by atoms with Crippen LogP contribution >= 0.6 is 0 Å². The van der Waals surface area contributed by atoms with Crippen LogP contribution < -0.4 is 0 Å². The van der Waals surface area contributed by atoms with Gasteiger partial charge in [0.2, 0.25) is 0 Å². The number of fused-ring (bicyclic) bond motifs is 2. The molecule has 1 nitrogen and oxygen atoms in total. The van der Waals surface area contributed by atoms with E-state index in [1.807, 2.05) is 26.0 Å². The largest absolute Gasteiger partial charge is 0.386 e. The third-order valence-corrected chi connectivity index (χ3v) is 3.41.